The normalized spacial score (nSPS) is 12.0. The molecule has 4 aromatic rings. The predicted octanol–water partition coefficient (Wildman–Crippen LogP) is 4.55. The third-order valence-corrected chi connectivity index (χ3v) is 4.96. The van der Waals surface area contributed by atoms with Crippen LogP contribution in [0, 0.1) is 0 Å². The molecule has 0 bridgehead atoms. The Balaban J connectivity index is 2.07. The molecule has 0 aliphatic rings. The summed E-state index contributed by atoms with van der Waals surface area (Å²) in [7, 11) is 3.11. The van der Waals surface area contributed by atoms with E-state index in [1.165, 1.54) is 0 Å². The van der Waals surface area contributed by atoms with Crippen LogP contribution in [0.2, 0.25) is 0 Å². The van der Waals surface area contributed by atoms with Crippen molar-refractivity contribution in [3.8, 4) is 17.1 Å². The number of aliphatic hydroxyl groups is 1. The topological polar surface area (TPSA) is 71.7 Å². The first-order valence-electron chi connectivity index (χ1n) is 9.29. The summed E-state index contributed by atoms with van der Waals surface area (Å²) in [5, 5.41) is 14.4. The zero-order valence-corrected chi connectivity index (χ0v) is 16.2. The lowest BCUT2D eigenvalue weighted by atomic mass is 9.94. The van der Waals surface area contributed by atoms with Crippen LogP contribution in [-0.4, -0.2) is 25.2 Å². The lowest BCUT2D eigenvalue weighted by Gasteiger charge is -2.17. The predicted molar refractivity (Wildman–Crippen MR) is 112 cm³/mol. The molecule has 1 atom stereocenters. The first kappa shape index (κ1) is 18.8. The van der Waals surface area contributed by atoms with E-state index in [2.05, 4.69) is 5.32 Å². The minimum Gasteiger partial charge on any atom is -0.496 e. The van der Waals surface area contributed by atoms with Gasteiger partial charge in [0.15, 0.2) is 0 Å². The summed E-state index contributed by atoms with van der Waals surface area (Å²) in [5.41, 5.74) is 2.86. The summed E-state index contributed by atoms with van der Waals surface area (Å²) < 4.78 is 11.7. The summed E-state index contributed by atoms with van der Waals surface area (Å²) in [6.07, 6.45) is -0.987. The Hall–Kier alpha value is -3.57. The van der Waals surface area contributed by atoms with Gasteiger partial charge in [0.25, 0.3) is 5.91 Å². The number of nitrogens with one attached hydrogen (secondary N) is 1. The fraction of sp³-hybridized carbons (Fsp3) is 0.125. The van der Waals surface area contributed by atoms with Crippen molar-refractivity contribution in [2.24, 2.45) is 0 Å². The lowest BCUT2D eigenvalue weighted by Crippen LogP contribution is -2.19. The highest BCUT2D eigenvalue weighted by molar-refractivity contribution is 6.12. The third-order valence-electron chi connectivity index (χ3n) is 4.96. The highest BCUT2D eigenvalue weighted by Crippen LogP contribution is 2.42. The zero-order chi connectivity index (χ0) is 20.4. The number of amides is 1. The molecule has 0 radical (unpaired) electrons. The summed E-state index contributed by atoms with van der Waals surface area (Å²) in [4.78, 5) is 12.9. The maximum Gasteiger partial charge on any atom is 0.255 e. The Labute approximate surface area is 168 Å². The molecule has 3 aromatic carbocycles. The molecule has 0 spiro atoms. The van der Waals surface area contributed by atoms with Gasteiger partial charge in [-0.2, -0.15) is 0 Å². The molecule has 0 saturated heterocycles. The van der Waals surface area contributed by atoms with Gasteiger partial charge in [-0.25, -0.2) is 0 Å². The number of rotatable bonds is 5. The summed E-state index contributed by atoms with van der Waals surface area (Å²) in [5.74, 6) is 0.645. The molecular formula is C24H21NO4. The molecule has 4 rings (SSSR count). The number of hydrogen-bond donors (Lipinski definition) is 2. The quantitative estimate of drug-likeness (QED) is 0.527. The second-order valence-corrected chi connectivity index (χ2v) is 6.62. The summed E-state index contributed by atoms with van der Waals surface area (Å²) >= 11 is 0. The lowest BCUT2D eigenvalue weighted by molar-refractivity contribution is 0.0964. The molecule has 5 heteroatoms. The molecule has 1 unspecified atom stereocenters. The van der Waals surface area contributed by atoms with Crippen molar-refractivity contribution in [2.45, 2.75) is 6.10 Å². The van der Waals surface area contributed by atoms with Crippen LogP contribution in [0.25, 0.3) is 22.3 Å². The van der Waals surface area contributed by atoms with Crippen molar-refractivity contribution in [1.29, 1.82) is 0 Å². The van der Waals surface area contributed by atoms with Crippen molar-refractivity contribution < 1.29 is 19.1 Å². The van der Waals surface area contributed by atoms with E-state index in [0.717, 1.165) is 5.56 Å². The van der Waals surface area contributed by atoms with Crippen LogP contribution in [0.5, 0.6) is 5.75 Å². The van der Waals surface area contributed by atoms with Crippen LogP contribution >= 0.6 is 0 Å². The highest BCUT2D eigenvalue weighted by atomic mass is 16.5. The van der Waals surface area contributed by atoms with Crippen LogP contribution in [-0.2, 0) is 0 Å². The van der Waals surface area contributed by atoms with Gasteiger partial charge in [0.2, 0.25) is 0 Å². The number of carbonyl (C=O) groups is 1. The Kier molecular flexibility index (Phi) is 5.06. The summed E-state index contributed by atoms with van der Waals surface area (Å²) in [6.45, 7) is 0. The van der Waals surface area contributed by atoms with E-state index in [0.29, 0.717) is 39.2 Å². The van der Waals surface area contributed by atoms with Gasteiger partial charge >= 0.3 is 0 Å². The van der Waals surface area contributed by atoms with Crippen molar-refractivity contribution in [2.75, 3.05) is 14.2 Å². The Morgan fingerprint density at radius 1 is 1.00 bits per heavy atom. The number of ether oxygens (including phenoxy) is 1. The Bertz CT molecular complexity index is 1150. The maximum absolute atomic E-state index is 12.9. The zero-order valence-electron chi connectivity index (χ0n) is 16.2. The molecule has 1 aromatic heterocycles. The van der Waals surface area contributed by atoms with Gasteiger partial charge in [-0.3, -0.25) is 4.79 Å². The van der Waals surface area contributed by atoms with Gasteiger partial charge in [-0.1, -0.05) is 60.7 Å². The Morgan fingerprint density at radius 2 is 1.66 bits per heavy atom. The number of hydrogen-bond acceptors (Lipinski definition) is 4. The Morgan fingerprint density at radius 3 is 2.28 bits per heavy atom. The van der Waals surface area contributed by atoms with Crippen LogP contribution in [0.3, 0.4) is 0 Å². The van der Waals surface area contributed by atoms with Crippen LogP contribution in [0.4, 0.5) is 0 Å². The fourth-order valence-corrected chi connectivity index (χ4v) is 3.58. The van der Waals surface area contributed by atoms with Crippen LogP contribution in [0.1, 0.15) is 27.6 Å². The third kappa shape index (κ3) is 3.26. The molecule has 0 aliphatic carbocycles. The van der Waals surface area contributed by atoms with E-state index in [1.807, 2.05) is 60.7 Å². The van der Waals surface area contributed by atoms with Crippen LogP contribution < -0.4 is 10.1 Å². The number of benzene rings is 3. The largest absolute Gasteiger partial charge is 0.496 e. The molecule has 1 heterocycles. The monoisotopic (exact) mass is 387 g/mol. The molecule has 29 heavy (non-hydrogen) atoms. The minimum atomic E-state index is -0.987. The van der Waals surface area contributed by atoms with Gasteiger partial charge in [0.05, 0.1) is 12.7 Å². The number of carbonyl (C=O) groups excluding carboxylic acids is 1. The first-order valence-corrected chi connectivity index (χ1v) is 9.29. The SMILES string of the molecule is CNC(=O)c1c(-c2ccccc2)oc2ccc(OC)c(C(O)c3ccccc3)c12. The molecular weight excluding hydrogens is 366 g/mol. The van der Waals surface area contributed by atoms with E-state index in [4.69, 9.17) is 9.15 Å². The first-order chi connectivity index (χ1) is 14.2. The smallest absolute Gasteiger partial charge is 0.255 e. The van der Waals surface area contributed by atoms with E-state index >= 15 is 0 Å². The number of aliphatic hydroxyl groups excluding tert-OH is 1. The molecule has 0 saturated carbocycles. The van der Waals surface area contributed by atoms with Gasteiger partial charge in [0, 0.05) is 23.6 Å². The number of furan rings is 1. The van der Waals surface area contributed by atoms with Crippen molar-refractivity contribution in [3.63, 3.8) is 0 Å². The summed E-state index contributed by atoms with van der Waals surface area (Å²) in [6, 6.07) is 22.2. The van der Waals surface area contributed by atoms with E-state index in [1.54, 1.807) is 26.3 Å². The van der Waals surface area contributed by atoms with Gasteiger partial charge < -0.3 is 19.6 Å². The van der Waals surface area contributed by atoms with Gasteiger partial charge in [-0.15, -0.1) is 0 Å². The van der Waals surface area contributed by atoms with E-state index in [9.17, 15) is 9.90 Å². The molecule has 5 nitrogen and oxygen atoms in total. The average molecular weight is 387 g/mol. The standard InChI is InChI=1S/C24H21NO4/c1-25-24(27)21-19-18(29-23(21)16-11-7-4-8-12-16)14-13-17(28-2)20(19)22(26)15-9-5-3-6-10-15/h3-14,22,26H,1-2H3,(H,25,27). The molecule has 2 N–H and O–H groups in total. The molecule has 1 amide bonds. The number of fused-ring (bicyclic) bond motifs is 1. The minimum absolute atomic E-state index is 0.294. The molecule has 0 aliphatic heterocycles. The van der Waals surface area contributed by atoms with Gasteiger partial charge in [0.1, 0.15) is 23.2 Å². The highest BCUT2D eigenvalue weighted by Gasteiger charge is 2.28. The van der Waals surface area contributed by atoms with Gasteiger partial charge in [-0.05, 0) is 17.7 Å². The fourth-order valence-electron chi connectivity index (χ4n) is 3.58. The number of methoxy groups -OCH3 is 1. The van der Waals surface area contributed by atoms with E-state index in [-0.39, 0.29) is 5.91 Å². The van der Waals surface area contributed by atoms with Crippen molar-refractivity contribution >= 4 is 16.9 Å². The van der Waals surface area contributed by atoms with Crippen LogP contribution in [0.15, 0.2) is 77.2 Å². The molecule has 146 valence electrons. The van der Waals surface area contributed by atoms with Crippen molar-refractivity contribution in [3.05, 3.63) is 89.5 Å². The second kappa shape index (κ2) is 7.81. The maximum atomic E-state index is 12.9. The van der Waals surface area contributed by atoms with E-state index < -0.39 is 6.10 Å². The average Bonchev–Trinajstić information content (AvgIpc) is 3.18. The molecule has 0 fully saturated rings. The van der Waals surface area contributed by atoms with Crippen molar-refractivity contribution in [1.82, 2.24) is 5.32 Å². The second-order valence-electron chi connectivity index (χ2n) is 6.62.